The van der Waals surface area contributed by atoms with E-state index in [9.17, 15) is 14.7 Å². The smallest absolute Gasteiger partial charge is 0.226 e. The minimum absolute atomic E-state index is 0.169. The molecule has 6 fully saturated rings. The van der Waals surface area contributed by atoms with Crippen LogP contribution in [0.4, 0.5) is 0 Å². The third-order valence-corrected chi connectivity index (χ3v) is 9.23. The third kappa shape index (κ3) is 3.41. The molecular formula is C24H38N2O3. The Kier molecular flexibility index (Phi) is 4.76. The molecule has 4 unspecified atom stereocenters. The predicted octanol–water partition coefficient (Wildman–Crippen LogP) is 3.40. The summed E-state index contributed by atoms with van der Waals surface area (Å²) in [7, 11) is 0. The van der Waals surface area contributed by atoms with Crippen molar-refractivity contribution in [1.82, 2.24) is 10.2 Å². The van der Waals surface area contributed by atoms with Gasteiger partial charge in [0.15, 0.2) is 0 Å². The van der Waals surface area contributed by atoms with Crippen LogP contribution in [0.15, 0.2) is 0 Å². The first kappa shape index (κ1) is 19.8. The quantitative estimate of drug-likeness (QED) is 0.757. The zero-order valence-electron chi connectivity index (χ0n) is 18.0. The van der Waals surface area contributed by atoms with Crippen LogP contribution in [0.5, 0.6) is 0 Å². The van der Waals surface area contributed by atoms with Gasteiger partial charge >= 0.3 is 0 Å². The average molecular weight is 403 g/mol. The number of carbonyl (C=O) groups excluding carboxylic acids is 2. The third-order valence-electron chi connectivity index (χ3n) is 9.23. The number of aliphatic hydroxyl groups is 1. The predicted molar refractivity (Wildman–Crippen MR) is 111 cm³/mol. The first-order valence-corrected chi connectivity index (χ1v) is 12.2. The van der Waals surface area contributed by atoms with Crippen molar-refractivity contribution in [2.75, 3.05) is 13.1 Å². The number of likely N-dealkylation sites (tertiary alicyclic amines) is 1. The van der Waals surface area contributed by atoms with Crippen LogP contribution in [0.1, 0.15) is 90.4 Å². The molecule has 1 aliphatic heterocycles. The molecule has 4 atom stereocenters. The molecule has 0 aromatic carbocycles. The van der Waals surface area contributed by atoms with Gasteiger partial charge in [-0.3, -0.25) is 9.59 Å². The number of rotatable bonds is 4. The Hall–Kier alpha value is -1.10. The molecule has 0 aromatic heterocycles. The van der Waals surface area contributed by atoms with Crippen LogP contribution in [0.25, 0.3) is 0 Å². The maximum atomic E-state index is 13.5. The van der Waals surface area contributed by atoms with Gasteiger partial charge in [-0.15, -0.1) is 0 Å². The molecule has 1 heterocycles. The Bertz CT molecular complexity index is 682. The number of hydrogen-bond acceptors (Lipinski definition) is 3. The molecule has 1 saturated heterocycles. The van der Waals surface area contributed by atoms with Gasteiger partial charge in [-0.05, 0) is 75.5 Å². The first-order valence-electron chi connectivity index (χ1n) is 12.2. The SMILES string of the molecule is CCC12CC3CC(O)(C1)CC(C(=O)NC1CCN(C(=O)C4CCCC4)CC1)(C3)C2. The van der Waals surface area contributed by atoms with E-state index in [1.54, 1.807) is 0 Å². The lowest BCUT2D eigenvalue weighted by Crippen LogP contribution is -2.64. The first-order chi connectivity index (χ1) is 13.8. The zero-order chi connectivity index (χ0) is 20.3. The molecule has 4 bridgehead atoms. The van der Waals surface area contributed by atoms with Crippen LogP contribution < -0.4 is 5.32 Å². The highest BCUT2D eigenvalue weighted by Gasteiger charge is 2.64. The van der Waals surface area contributed by atoms with Crippen molar-refractivity contribution in [1.29, 1.82) is 0 Å². The van der Waals surface area contributed by atoms with E-state index >= 15 is 0 Å². The highest BCUT2D eigenvalue weighted by molar-refractivity contribution is 5.84. The molecule has 29 heavy (non-hydrogen) atoms. The lowest BCUT2D eigenvalue weighted by Gasteiger charge is -2.64. The van der Waals surface area contributed by atoms with Gasteiger partial charge in [-0.1, -0.05) is 26.2 Å². The van der Waals surface area contributed by atoms with E-state index in [2.05, 4.69) is 12.2 Å². The topological polar surface area (TPSA) is 69.6 Å². The molecule has 5 saturated carbocycles. The van der Waals surface area contributed by atoms with E-state index in [0.717, 1.165) is 70.9 Å². The largest absolute Gasteiger partial charge is 0.390 e. The van der Waals surface area contributed by atoms with Crippen LogP contribution in [0.3, 0.4) is 0 Å². The molecule has 0 spiro atoms. The molecular weight excluding hydrogens is 364 g/mol. The van der Waals surface area contributed by atoms with Crippen LogP contribution in [-0.4, -0.2) is 46.6 Å². The maximum Gasteiger partial charge on any atom is 0.226 e. The lowest BCUT2D eigenvalue weighted by atomic mass is 9.42. The van der Waals surface area contributed by atoms with Crippen molar-refractivity contribution in [2.24, 2.45) is 22.7 Å². The van der Waals surface area contributed by atoms with Crippen molar-refractivity contribution >= 4 is 11.8 Å². The molecule has 6 rings (SSSR count). The second kappa shape index (κ2) is 6.96. The summed E-state index contributed by atoms with van der Waals surface area (Å²) in [5, 5.41) is 14.6. The van der Waals surface area contributed by atoms with Crippen LogP contribution in [0.2, 0.25) is 0 Å². The monoisotopic (exact) mass is 402 g/mol. The molecule has 5 nitrogen and oxygen atoms in total. The summed E-state index contributed by atoms with van der Waals surface area (Å²) >= 11 is 0. The average Bonchev–Trinajstić information content (AvgIpc) is 3.21. The van der Waals surface area contributed by atoms with Crippen LogP contribution >= 0.6 is 0 Å². The van der Waals surface area contributed by atoms with Gasteiger partial charge in [0, 0.05) is 25.0 Å². The second-order valence-corrected chi connectivity index (χ2v) is 11.4. The summed E-state index contributed by atoms with van der Waals surface area (Å²) in [4.78, 5) is 28.2. The van der Waals surface area contributed by atoms with Gasteiger partial charge in [-0.25, -0.2) is 0 Å². The molecule has 162 valence electrons. The maximum absolute atomic E-state index is 13.5. The molecule has 0 aromatic rings. The molecule has 5 aliphatic carbocycles. The van der Waals surface area contributed by atoms with Crippen molar-refractivity contribution < 1.29 is 14.7 Å². The van der Waals surface area contributed by atoms with E-state index in [-0.39, 0.29) is 28.7 Å². The standard InChI is InChI=1S/C24H38N2O3/c1-2-22-11-17-12-23(14-22,16-24(29,13-17)15-22)21(28)25-19-7-9-26(10-8-19)20(27)18-5-3-4-6-18/h17-19,29H,2-16H2,1H3,(H,25,28). The molecule has 6 aliphatic rings. The Balaban J connectivity index is 1.21. The highest BCUT2D eigenvalue weighted by Crippen LogP contribution is 2.67. The molecule has 5 heteroatoms. The van der Waals surface area contributed by atoms with Gasteiger partial charge in [0.05, 0.1) is 11.0 Å². The number of carbonyl (C=O) groups is 2. The van der Waals surface area contributed by atoms with E-state index < -0.39 is 5.60 Å². The summed E-state index contributed by atoms with van der Waals surface area (Å²) < 4.78 is 0. The van der Waals surface area contributed by atoms with E-state index in [1.807, 2.05) is 4.90 Å². The number of hydrogen-bond donors (Lipinski definition) is 2. The summed E-state index contributed by atoms with van der Waals surface area (Å²) in [6, 6.07) is 0.176. The lowest BCUT2D eigenvalue weighted by molar-refractivity contribution is -0.204. The van der Waals surface area contributed by atoms with Crippen molar-refractivity contribution in [3.05, 3.63) is 0 Å². The Morgan fingerprint density at radius 1 is 1.00 bits per heavy atom. The van der Waals surface area contributed by atoms with Gasteiger partial charge in [0.2, 0.25) is 11.8 Å². The molecule has 2 N–H and O–H groups in total. The number of amides is 2. The summed E-state index contributed by atoms with van der Waals surface area (Å²) in [5.41, 5.74) is -0.812. The van der Waals surface area contributed by atoms with Crippen molar-refractivity contribution in [2.45, 2.75) is 102 Å². The Labute approximate surface area is 175 Å². The fourth-order valence-electron chi connectivity index (χ4n) is 8.25. The number of nitrogens with zero attached hydrogens (tertiary/aromatic N) is 1. The number of piperidine rings is 1. The summed E-state index contributed by atoms with van der Waals surface area (Å²) in [5.74, 6) is 1.30. The van der Waals surface area contributed by atoms with Gasteiger partial charge in [0.25, 0.3) is 0 Å². The van der Waals surface area contributed by atoms with E-state index in [4.69, 9.17) is 0 Å². The van der Waals surface area contributed by atoms with E-state index in [0.29, 0.717) is 18.2 Å². The highest BCUT2D eigenvalue weighted by atomic mass is 16.3. The fourth-order valence-corrected chi connectivity index (χ4v) is 8.25. The normalized spacial score (nSPS) is 42.4. The zero-order valence-corrected chi connectivity index (χ0v) is 18.0. The summed E-state index contributed by atoms with van der Waals surface area (Å²) in [6.45, 7) is 3.79. The minimum Gasteiger partial charge on any atom is -0.390 e. The summed E-state index contributed by atoms with van der Waals surface area (Å²) in [6.07, 6.45) is 12.9. The fraction of sp³-hybridized carbons (Fsp3) is 0.917. The van der Waals surface area contributed by atoms with Crippen LogP contribution in [-0.2, 0) is 9.59 Å². The number of nitrogens with one attached hydrogen (secondary N) is 1. The molecule has 2 amide bonds. The van der Waals surface area contributed by atoms with Crippen LogP contribution in [0, 0.1) is 22.7 Å². The second-order valence-electron chi connectivity index (χ2n) is 11.4. The van der Waals surface area contributed by atoms with Crippen molar-refractivity contribution in [3.8, 4) is 0 Å². The van der Waals surface area contributed by atoms with Gasteiger partial charge in [0.1, 0.15) is 0 Å². The molecule has 0 radical (unpaired) electrons. The minimum atomic E-state index is -0.621. The van der Waals surface area contributed by atoms with Crippen molar-refractivity contribution in [3.63, 3.8) is 0 Å². The van der Waals surface area contributed by atoms with E-state index in [1.165, 1.54) is 19.3 Å². The van der Waals surface area contributed by atoms with Gasteiger partial charge in [-0.2, -0.15) is 0 Å². The van der Waals surface area contributed by atoms with Gasteiger partial charge < -0.3 is 15.3 Å². The Morgan fingerprint density at radius 2 is 1.72 bits per heavy atom. The Morgan fingerprint density at radius 3 is 2.38 bits per heavy atom.